The molecule has 2 heteroatoms. The van der Waals surface area contributed by atoms with Crippen LogP contribution in [-0.2, 0) is 0 Å². The van der Waals surface area contributed by atoms with E-state index in [0.717, 1.165) is 12.0 Å². The Morgan fingerprint density at radius 2 is 1.35 bits per heavy atom. The minimum Gasteiger partial charge on any atom is -0.327 e. The van der Waals surface area contributed by atoms with Gasteiger partial charge in [0.1, 0.15) is 0 Å². The van der Waals surface area contributed by atoms with E-state index in [4.69, 9.17) is 5.73 Å². The predicted octanol–water partition coefficient (Wildman–Crippen LogP) is 3.21. The molecular formula is C15H30N2. The molecule has 0 aliphatic heterocycles. The molecule has 2 nitrogen and oxygen atoms in total. The molecule has 2 atom stereocenters. The molecular weight excluding hydrogens is 208 g/mol. The lowest BCUT2D eigenvalue weighted by Crippen LogP contribution is -2.40. The molecule has 0 aromatic rings. The molecule has 2 saturated carbocycles. The highest BCUT2D eigenvalue weighted by atomic mass is 14.9. The monoisotopic (exact) mass is 238 g/mol. The molecule has 0 aromatic carbocycles. The van der Waals surface area contributed by atoms with Crippen LogP contribution in [0.3, 0.4) is 0 Å². The van der Waals surface area contributed by atoms with Crippen LogP contribution in [0.25, 0.3) is 0 Å². The van der Waals surface area contributed by atoms with Gasteiger partial charge in [0, 0.05) is 12.1 Å². The van der Waals surface area contributed by atoms with Crippen molar-refractivity contribution >= 4 is 0 Å². The zero-order chi connectivity index (χ0) is 11.9. The number of rotatable bonds is 3. The van der Waals surface area contributed by atoms with E-state index in [1.165, 1.54) is 77.2 Å². The summed E-state index contributed by atoms with van der Waals surface area (Å²) in [6, 6.07) is 1.24. The Morgan fingerprint density at radius 3 is 2.12 bits per heavy atom. The second kappa shape index (κ2) is 7.38. The normalized spacial score (nSPS) is 33.0. The Labute approximate surface area is 107 Å². The molecule has 2 unspecified atom stereocenters. The smallest absolute Gasteiger partial charge is 0.00792 e. The highest BCUT2D eigenvalue weighted by Crippen LogP contribution is 2.23. The van der Waals surface area contributed by atoms with Gasteiger partial charge in [-0.2, -0.15) is 0 Å². The van der Waals surface area contributed by atoms with Crippen LogP contribution in [0.5, 0.6) is 0 Å². The van der Waals surface area contributed by atoms with Crippen LogP contribution >= 0.6 is 0 Å². The molecule has 17 heavy (non-hydrogen) atoms. The Balaban J connectivity index is 1.71. The third-order valence-corrected chi connectivity index (χ3v) is 4.74. The van der Waals surface area contributed by atoms with E-state index in [0.29, 0.717) is 6.04 Å². The van der Waals surface area contributed by atoms with E-state index >= 15 is 0 Å². The summed E-state index contributed by atoms with van der Waals surface area (Å²) in [7, 11) is 0. The lowest BCUT2D eigenvalue weighted by atomic mass is 9.95. The van der Waals surface area contributed by atoms with Crippen molar-refractivity contribution in [3.8, 4) is 0 Å². The third-order valence-electron chi connectivity index (χ3n) is 4.74. The second-order valence-corrected chi connectivity index (χ2v) is 6.16. The van der Waals surface area contributed by atoms with Crippen molar-refractivity contribution in [2.75, 3.05) is 6.54 Å². The van der Waals surface area contributed by atoms with E-state index in [9.17, 15) is 0 Å². The van der Waals surface area contributed by atoms with Gasteiger partial charge >= 0.3 is 0 Å². The van der Waals surface area contributed by atoms with E-state index in [1.807, 2.05) is 0 Å². The van der Waals surface area contributed by atoms with Crippen molar-refractivity contribution in [1.82, 2.24) is 5.32 Å². The van der Waals surface area contributed by atoms with Crippen LogP contribution in [0.4, 0.5) is 0 Å². The SMILES string of the molecule is NC1CCCCCC1CNC1CCCCCC1. The summed E-state index contributed by atoms with van der Waals surface area (Å²) in [6.45, 7) is 1.17. The molecule has 2 rings (SSSR count). The van der Waals surface area contributed by atoms with Gasteiger partial charge in [-0.05, 0) is 38.1 Å². The number of hydrogen-bond acceptors (Lipinski definition) is 2. The molecule has 100 valence electrons. The van der Waals surface area contributed by atoms with Crippen LogP contribution in [0.1, 0.15) is 70.6 Å². The van der Waals surface area contributed by atoms with Crippen LogP contribution in [0.2, 0.25) is 0 Å². The van der Waals surface area contributed by atoms with Crippen LogP contribution < -0.4 is 11.1 Å². The summed E-state index contributed by atoms with van der Waals surface area (Å²) in [4.78, 5) is 0. The molecule has 3 N–H and O–H groups in total. The van der Waals surface area contributed by atoms with Crippen molar-refractivity contribution in [2.24, 2.45) is 11.7 Å². The second-order valence-electron chi connectivity index (χ2n) is 6.16. The average Bonchev–Trinajstić information content (AvgIpc) is 2.69. The van der Waals surface area contributed by atoms with Crippen LogP contribution in [0.15, 0.2) is 0 Å². The van der Waals surface area contributed by atoms with Crippen molar-refractivity contribution in [3.63, 3.8) is 0 Å². The van der Waals surface area contributed by atoms with Gasteiger partial charge in [-0.3, -0.25) is 0 Å². The molecule has 2 fully saturated rings. The zero-order valence-corrected chi connectivity index (χ0v) is 11.3. The highest BCUT2D eigenvalue weighted by Gasteiger charge is 2.21. The fourth-order valence-corrected chi connectivity index (χ4v) is 3.47. The van der Waals surface area contributed by atoms with Crippen LogP contribution in [-0.4, -0.2) is 18.6 Å². The van der Waals surface area contributed by atoms with Crippen molar-refractivity contribution in [3.05, 3.63) is 0 Å². The largest absolute Gasteiger partial charge is 0.327 e. The minimum absolute atomic E-state index is 0.454. The van der Waals surface area contributed by atoms with Crippen LogP contribution in [0, 0.1) is 5.92 Å². The fraction of sp³-hybridized carbons (Fsp3) is 1.00. The molecule has 2 aliphatic rings. The number of nitrogens with two attached hydrogens (primary N) is 1. The minimum atomic E-state index is 0.454. The molecule has 0 spiro atoms. The summed E-state index contributed by atoms with van der Waals surface area (Å²) in [6.07, 6.45) is 15.3. The van der Waals surface area contributed by atoms with E-state index in [1.54, 1.807) is 0 Å². The first-order valence-corrected chi connectivity index (χ1v) is 7.85. The van der Waals surface area contributed by atoms with Gasteiger partial charge in [-0.25, -0.2) is 0 Å². The summed E-state index contributed by atoms with van der Waals surface area (Å²) in [5, 5.41) is 3.81. The molecule has 0 amide bonds. The molecule has 2 aliphatic carbocycles. The Bertz CT molecular complexity index is 197. The fourth-order valence-electron chi connectivity index (χ4n) is 3.47. The van der Waals surface area contributed by atoms with Gasteiger partial charge in [-0.15, -0.1) is 0 Å². The lowest BCUT2D eigenvalue weighted by Gasteiger charge is -2.25. The summed E-state index contributed by atoms with van der Waals surface area (Å²) in [5.74, 6) is 0.737. The lowest BCUT2D eigenvalue weighted by molar-refractivity contribution is 0.341. The van der Waals surface area contributed by atoms with Crippen molar-refractivity contribution in [1.29, 1.82) is 0 Å². The zero-order valence-electron chi connectivity index (χ0n) is 11.3. The topological polar surface area (TPSA) is 38.0 Å². The maximum absolute atomic E-state index is 6.29. The van der Waals surface area contributed by atoms with Gasteiger partial charge < -0.3 is 11.1 Å². The maximum atomic E-state index is 6.29. The Hall–Kier alpha value is -0.0800. The van der Waals surface area contributed by atoms with Gasteiger partial charge in [0.05, 0.1) is 0 Å². The van der Waals surface area contributed by atoms with Crippen molar-refractivity contribution < 1.29 is 0 Å². The van der Waals surface area contributed by atoms with E-state index in [2.05, 4.69) is 5.32 Å². The third kappa shape index (κ3) is 4.59. The van der Waals surface area contributed by atoms with E-state index < -0.39 is 0 Å². The molecule has 0 radical (unpaired) electrons. The molecule has 0 heterocycles. The maximum Gasteiger partial charge on any atom is 0.00792 e. The first-order valence-electron chi connectivity index (χ1n) is 7.85. The summed E-state index contributed by atoms with van der Waals surface area (Å²) < 4.78 is 0. The highest BCUT2D eigenvalue weighted by molar-refractivity contribution is 4.80. The number of hydrogen-bond donors (Lipinski definition) is 2. The van der Waals surface area contributed by atoms with Gasteiger partial charge in [0.25, 0.3) is 0 Å². The summed E-state index contributed by atoms with van der Waals surface area (Å²) in [5.41, 5.74) is 6.29. The quantitative estimate of drug-likeness (QED) is 0.741. The first-order chi connectivity index (χ1) is 8.36. The molecule has 0 bridgehead atoms. The molecule has 0 aromatic heterocycles. The summed E-state index contributed by atoms with van der Waals surface area (Å²) >= 11 is 0. The first kappa shape index (κ1) is 13.4. The van der Waals surface area contributed by atoms with Gasteiger partial charge in [-0.1, -0.05) is 44.9 Å². The Kier molecular flexibility index (Phi) is 5.79. The number of nitrogens with one attached hydrogen (secondary N) is 1. The average molecular weight is 238 g/mol. The standard InChI is InChI=1S/C15H30N2/c16-15-11-7-3-4-8-13(15)12-17-14-9-5-1-2-6-10-14/h13-15,17H,1-12,16H2. The van der Waals surface area contributed by atoms with Gasteiger partial charge in [0.15, 0.2) is 0 Å². The molecule has 0 saturated heterocycles. The Morgan fingerprint density at radius 1 is 0.765 bits per heavy atom. The predicted molar refractivity (Wildman–Crippen MR) is 74.0 cm³/mol. The van der Waals surface area contributed by atoms with Crippen molar-refractivity contribution in [2.45, 2.75) is 82.7 Å². The van der Waals surface area contributed by atoms with E-state index in [-0.39, 0.29) is 0 Å². The van der Waals surface area contributed by atoms with Gasteiger partial charge in [0.2, 0.25) is 0 Å².